The zero-order valence-electron chi connectivity index (χ0n) is 13.5. The summed E-state index contributed by atoms with van der Waals surface area (Å²) in [4.78, 5) is 19.4. The second-order valence-corrected chi connectivity index (χ2v) is 5.93. The fourth-order valence-electron chi connectivity index (χ4n) is 3.50. The quantitative estimate of drug-likeness (QED) is 0.806. The van der Waals surface area contributed by atoms with E-state index < -0.39 is 0 Å². The molecule has 1 aliphatic heterocycles. The fraction of sp³-hybridized carbons (Fsp3) is 0.278. The summed E-state index contributed by atoms with van der Waals surface area (Å²) in [6.07, 6.45) is 4.43. The van der Waals surface area contributed by atoms with E-state index in [9.17, 15) is 4.79 Å². The van der Waals surface area contributed by atoms with E-state index in [1.165, 1.54) is 12.0 Å². The number of rotatable bonds is 3. The van der Waals surface area contributed by atoms with Crippen molar-refractivity contribution in [2.45, 2.75) is 25.9 Å². The fourth-order valence-corrected chi connectivity index (χ4v) is 3.50. The number of benzene rings is 1. The highest BCUT2D eigenvalue weighted by Gasteiger charge is 2.31. The molecule has 3 aromatic rings. The van der Waals surface area contributed by atoms with Crippen LogP contribution in [-0.2, 0) is 6.54 Å². The van der Waals surface area contributed by atoms with Crippen LogP contribution in [0.2, 0.25) is 0 Å². The number of H-pyrrole nitrogens is 1. The Bertz CT molecular complexity index is 852. The third-order valence-electron chi connectivity index (χ3n) is 4.64. The van der Waals surface area contributed by atoms with Crippen LogP contribution in [0.4, 0.5) is 0 Å². The van der Waals surface area contributed by atoms with Gasteiger partial charge < -0.3 is 9.47 Å². The topological polar surface area (TPSA) is 66.8 Å². The summed E-state index contributed by atoms with van der Waals surface area (Å²) in [6.45, 7) is 3.66. The lowest BCUT2D eigenvalue weighted by Gasteiger charge is -2.37. The molecule has 0 saturated carbocycles. The highest BCUT2D eigenvalue weighted by atomic mass is 16.2. The largest absolute Gasteiger partial charge is 0.348 e. The second-order valence-electron chi connectivity index (χ2n) is 5.93. The van der Waals surface area contributed by atoms with E-state index in [4.69, 9.17) is 0 Å². The Balaban J connectivity index is 1.73. The van der Waals surface area contributed by atoms with Crippen LogP contribution in [0.5, 0.6) is 0 Å². The molecule has 6 heteroatoms. The first-order valence-electron chi connectivity index (χ1n) is 8.20. The Morgan fingerprint density at radius 1 is 1.25 bits per heavy atom. The average molecular weight is 321 g/mol. The minimum Gasteiger partial charge on any atom is -0.348 e. The van der Waals surface area contributed by atoms with E-state index in [1.54, 1.807) is 0 Å². The molecule has 0 saturated heterocycles. The van der Waals surface area contributed by atoms with Gasteiger partial charge in [-0.05, 0) is 24.6 Å². The van der Waals surface area contributed by atoms with Crippen LogP contribution in [0.15, 0.2) is 48.9 Å². The summed E-state index contributed by atoms with van der Waals surface area (Å²) in [5.41, 5.74) is 2.65. The third-order valence-corrected chi connectivity index (χ3v) is 4.64. The van der Waals surface area contributed by atoms with Gasteiger partial charge in [-0.2, -0.15) is 5.10 Å². The van der Waals surface area contributed by atoms with Crippen LogP contribution >= 0.6 is 0 Å². The van der Waals surface area contributed by atoms with Crippen molar-refractivity contribution in [2.75, 3.05) is 6.54 Å². The molecule has 0 radical (unpaired) electrons. The van der Waals surface area contributed by atoms with Crippen molar-refractivity contribution < 1.29 is 4.79 Å². The molecule has 0 bridgehead atoms. The number of carbonyl (C=O) groups excluding carboxylic acids is 1. The first-order chi connectivity index (χ1) is 11.8. The third kappa shape index (κ3) is 2.31. The molecule has 1 N–H and O–H groups in total. The molecule has 3 heterocycles. The van der Waals surface area contributed by atoms with E-state index in [1.807, 2.05) is 29.2 Å². The Morgan fingerprint density at radius 3 is 2.92 bits per heavy atom. The molecule has 4 rings (SSSR count). The highest BCUT2D eigenvalue weighted by Crippen LogP contribution is 2.31. The van der Waals surface area contributed by atoms with Crippen LogP contribution in [0, 0.1) is 0 Å². The molecule has 0 fully saturated rings. The van der Waals surface area contributed by atoms with E-state index in [0.29, 0.717) is 17.9 Å². The van der Waals surface area contributed by atoms with Crippen LogP contribution in [0.3, 0.4) is 0 Å². The lowest BCUT2D eigenvalue weighted by atomic mass is 10.0. The lowest BCUT2D eigenvalue weighted by Crippen LogP contribution is -2.41. The number of hydrogen-bond donors (Lipinski definition) is 1. The number of aromatic amines is 1. The van der Waals surface area contributed by atoms with E-state index in [0.717, 1.165) is 18.5 Å². The summed E-state index contributed by atoms with van der Waals surface area (Å²) in [7, 11) is 0. The van der Waals surface area contributed by atoms with Gasteiger partial charge >= 0.3 is 0 Å². The first-order valence-corrected chi connectivity index (χ1v) is 8.20. The summed E-state index contributed by atoms with van der Waals surface area (Å²) < 4.78 is 2.24. The van der Waals surface area contributed by atoms with Crippen LogP contribution in [0.25, 0.3) is 11.4 Å². The zero-order valence-corrected chi connectivity index (χ0v) is 13.5. The molecule has 6 nitrogen and oxygen atoms in total. The summed E-state index contributed by atoms with van der Waals surface area (Å²) in [6, 6.07) is 11.8. The minimum absolute atomic E-state index is 0.0429. The van der Waals surface area contributed by atoms with Crippen molar-refractivity contribution in [2.24, 2.45) is 0 Å². The Hall–Kier alpha value is -2.89. The maximum Gasteiger partial charge on any atom is 0.255 e. The normalized spacial score (nSPS) is 16.9. The maximum atomic E-state index is 13.3. The molecule has 24 heavy (non-hydrogen) atoms. The van der Waals surface area contributed by atoms with Crippen molar-refractivity contribution in [1.82, 2.24) is 24.6 Å². The molecular weight excluding hydrogens is 302 g/mol. The Morgan fingerprint density at radius 2 is 2.12 bits per heavy atom. The number of nitrogens with zero attached hydrogens (tertiary/aromatic N) is 4. The van der Waals surface area contributed by atoms with Crippen molar-refractivity contribution in [3.63, 3.8) is 0 Å². The van der Waals surface area contributed by atoms with Gasteiger partial charge in [0.2, 0.25) is 0 Å². The molecule has 0 aliphatic carbocycles. The number of hydrogen-bond acceptors (Lipinski definition) is 3. The van der Waals surface area contributed by atoms with E-state index >= 15 is 0 Å². The Kier molecular flexibility index (Phi) is 3.65. The molecule has 2 aromatic heterocycles. The van der Waals surface area contributed by atoms with Crippen molar-refractivity contribution >= 4 is 5.91 Å². The summed E-state index contributed by atoms with van der Waals surface area (Å²) in [5.74, 6) is 0.661. The van der Waals surface area contributed by atoms with Crippen molar-refractivity contribution in [3.8, 4) is 11.4 Å². The maximum absolute atomic E-state index is 13.3. The van der Waals surface area contributed by atoms with Gasteiger partial charge in [0.1, 0.15) is 6.33 Å². The molecule has 0 unspecified atom stereocenters. The predicted molar refractivity (Wildman–Crippen MR) is 90.3 cm³/mol. The monoisotopic (exact) mass is 321 g/mol. The van der Waals surface area contributed by atoms with Gasteiger partial charge in [-0.15, -0.1) is 0 Å². The summed E-state index contributed by atoms with van der Waals surface area (Å²) >= 11 is 0. The summed E-state index contributed by atoms with van der Waals surface area (Å²) in [5, 5.41) is 6.75. The molecule has 1 aliphatic rings. The number of carbonyl (C=O) groups is 1. The Labute approximate surface area is 140 Å². The smallest absolute Gasteiger partial charge is 0.255 e. The van der Waals surface area contributed by atoms with Gasteiger partial charge in [0, 0.05) is 30.5 Å². The molecule has 0 spiro atoms. The molecule has 122 valence electrons. The van der Waals surface area contributed by atoms with Gasteiger partial charge in [0.05, 0.1) is 11.6 Å². The SMILES string of the molecule is CC[C@H]1c2cccn2CCN1C(=O)c1ccccc1-c1ncn[nH]1. The standard InChI is InChI=1S/C18H19N5O/c1-2-15-16-8-5-9-22(16)10-11-23(15)18(24)14-7-4-3-6-13(14)17-19-12-20-21-17/h3-9,12,15H,2,10-11H2,1H3,(H,19,20,21)/t15-/m0/s1. The van der Waals surface area contributed by atoms with Gasteiger partial charge in [-0.25, -0.2) is 4.98 Å². The highest BCUT2D eigenvalue weighted by molar-refractivity contribution is 6.00. The van der Waals surface area contributed by atoms with Crippen LogP contribution in [-0.4, -0.2) is 37.1 Å². The number of amides is 1. The van der Waals surface area contributed by atoms with E-state index in [2.05, 4.69) is 45.0 Å². The van der Waals surface area contributed by atoms with Crippen LogP contribution in [0.1, 0.15) is 35.4 Å². The molecular formula is C18H19N5O. The molecule has 1 aromatic carbocycles. The lowest BCUT2D eigenvalue weighted by molar-refractivity contribution is 0.0618. The number of aromatic nitrogens is 4. The second kappa shape index (κ2) is 5.96. The van der Waals surface area contributed by atoms with Gasteiger partial charge in [-0.3, -0.25) is 9.89 Å². The first kappa shape index (κ1) is 14.7. The molecule has 1 atom stereocenters. The van der Waals surface area contributed by atoms with E-state index in [-0.39, 0.29) is 11.9 Å². The average Bonchev–Trinajstić information content (AvgIpc) is 3.31. The number of nitrogens with one attached hydrogen (secondary N) is 1. The van der Waals surface area contributed by atoms with Gasteiger partial charge in [-0.1, -0.05) is 25.1 Å². The predicted octanol–water partition coefficient (Wildman–Crippen LogP) is 2.88. The molecule has 1 amide bonds. The van der Waals surface area contributed by atoms with Crippen molar-refractivity contribution in [1.29, 1.82) is 0 Å². The number of fused-ring (bicyclic) bond motifs is 1. The van der Waals surface area contributed by atoms with Gasteiger partial charge in [0.15, 0.2) is 5.82 Å². The van der Waals surface area contributed by atoms with Gasteiger partial charge in [0.25, 0.3) is 5.91 Å². The zero-order chi connectivity index (χ0) is 16.5. The van der Waals surface area contributed by atoms with Crippen molar-refractivity contribution in [3.05, 3.63) is 60.2 Å². The van der Waals surface area contributed by atoms with Crippen LogP contribution < -0.4 is 0 Å². The minimum atomic E-state index is 0.0429.